The summed E-state index contributed by atoms with van der Waals surface area (Å²) in [7, 11) is 1.26. The third kappa shape index (κ3) is 4.40. The lowest BCUT2D eigenvalue weighted by Gasteiger charge is -2.00. The van der Waals surface area contributed by atoms with E-state index in [1.165, 1.54) is 13.2 Å². The lowest BCUT2D eigenvalue weighted by Crippen LogP contribution is -2.07. The van der Waals surface area contributed by atoms with E-state index >= 15 is 0 Å². The fraction of sp³-hybridized carbons (Fsp3) is 0.118. The predicted molar refractivity (Wildman–Crippen MR) is 99.2 cm³/mol. The molecule has 25 heavy (non-hydrogen) atoms. The second-order valence-corrected chi connectivity index (χ2v) is 6.69. The monoisotopic (exact) mass is 394 g/mol. The van der Waals surface area contributed by atoms with E-state index in [1.807, 2.05) is 6.07 Å². The van der Waals surface area contributed by atoms with E-state index in [0.29, 0.717) is 26.2 Å². The number of carbonyl (C=O) groups is 2. The van der Waals surface area contributed by atoms with E-state index in [2.05, 4.69) is 10.1 Å². The molecule has 1 aromatic heterocycles. The Hall–Kier alpha value is -2.33. The molecular formula is C17H12Cl2N2O3S. The number of ether oxygens (including phenoxy) is 1. The van der Waals surface area contributed by atoms with Crippen molar-refractivity contribution in [3.05, 3.63) is 55.9 Å². The van der Waals surface area contributed by atoms with Crippen LogP contribution in [-0.2, 0) is 9.53 Å². The van der Waals surface area contributed by atoms with Crippen LogP contribution < -0.4 is 5.32 Å². The van der Waals surface area contributed by atoms with Gasteiger partial charge in [0.1, 0.15) is 15.9 Å². The number of halogens is 2. The molecule has 0 aliphatic carbocycles. The molecule has 0 fully saturated rings. The molecule has 0 unspecified atom stereocenters. The maximum Gasteiger partial charge on any atom is 0.348 e. The summed E-state index contributed by atoms with van der Waals surface area (Å²) in [5.74, 6) is -0.994. The number of benzene rings is 1. The number of nitrogens with zero attached hydrogens (tertiary/aromatic N) is 1. The Morgan fingerprint density at radius 3 is 2.64 bits per heavy atom. The molecule has 0 spiro atoms. The summed E-state index contributed by atoms with van der Waals surface area (Å²) in [5.41, 5.74) is 1.41. The summed E-state index contributed by atoms with van der Waals surface area (Å²) < 4.78 is 4.67. The third-order valence-electron chi connectivity index (χ3n) is 3.24. The first-order valence-electron chi connectivity index (χ1n) is 6.93. The van der Waals surface area contributed by atoms with Gasteiger partial charge in [-0.3, -0.25) is 4.79 Å². The topological polar surface area (TPSA) is 79.2 Å². The molecule has 1 N–H and O–H groups in total. The van der Waals surface area contributed by atoms with Crippen molar-refractivity contribution < 1.29 is 14.3 Å². The van der Waals surface area contributed by atoms with Crippen LogP contribution in [0.4, 0.5) is 5.00 Å². The number of anilines is 1. The highest BCUT2D eigenvalue weighted by molar-refractivity contribution is 7.18. The standard InChI is InChI=1S/C17H12Cl2N2O3S/c1-9-11(8-20)16(25-15(9)17(23)24-2)21-14(22)6-4-10-3-5-12(18)13(19)7-10/h3-7H,1-2H3,(H,21,22)/b6-4+. The Kier molecular flexibility index (Phi) is 6.21. The number of carbonyl (C=O) groups excluding carboxylic acids is 2. The van der Waals surface area contributed by atoms with E-state index < -0.39 is 11.9 Å². The van der Waals surface area contributed by atoms with Gasteiger partial charge in [-0.2, -0.15) is 5.26 Å². The molecule has 8 heteroatoms. The van der Waals surface area contributed by atoms with Crippen molar-refractivity contribution in [1.82, 2.24) is 0 Å². The van der Waals surface area contributed by atoms with Gasteiger partial charge in [0.05, 0.1) is 22.7 Å². The van der Waals surface area contributed by atoms with Crippen molar-refractivity contribution in [2.24, 2.45) is 0 Å². The van der Waals surface area contributed by atoms with Crippen molar-refractivity contribution in [2.45, 2.75) is 6.92 Å². The molecule has 0 aliphatic rings. The summed E-state index contributed by atoms with van der Waals surface area (Å²) in [4.78, 5) is 24.1. The molecule has 5 nitrogen and oxygen atoms in total. The van der Waals surface area contributed by atoms with Gasteiger partial charge in [-0.05, 0) is 36.3 Å². The van der Waals surface area contributed by atoms with E-state index in [4.69, 9.17) is 23.2 Å². The zero-order valence-corrected chi connectivity index (χ0v) is 15.6. The summed E-state index contributed by atoms with van der Waals surface area (Å²) >= 11 is 12.8. The minimum Gasteiger partial charge on any atom is -0.465 e. The minimum atomic E-state index is -0.550. The maximum absolute atomic E-state index is 12.1. The average molecular weight is 395 g/mol. The SMILES string of the molecule is COC(=O)c1sc(NC(=O)/C=C/c2ccc(Cl)c(Cl)c2)c(C#N)c1C. The Morgan fingerprint density at radius 1 is 1.32 bits per heavy atom. The van der Waals surface area contributed by atoms with Gasteiger partial charge in [-0.25, -0.2) is 4.79 Å². The summed E-state index contributed by atoms with van der Waals surface area (Å²) in [6.07, 6.45) is 2.86. The predicted octanol–water partition coefficient (Wildman–Crippen LogP) is 4.67. The van der Waals surface area contributed by atoms with Gasteiger partial charge in [-0.1, -0.05) is 29.3 Å². The number of thiophene rings is 1. The summed E-state index contributed by atoms with van der Waals surface area (Å²) in [6, 6.07) is 6.95. The molecule has 2 aromatic rings. The number of nitriles is 1. The van der Waals surface area contributed by atoms with Crippen molar-refractivity contribution in [1.29, 1.82) is 5.26 Å². The third-order valence-corrected chi connectivity index (χ3v) is 5.16. The fourth-order valence-corrected chi connectivity index (χ4v) is 3.35. The normalized spacial score (nSPS) is 10.5. The summed E-state index contributed by atoms with van der Waals surface area (Å²) in [6.45, 7) is 1.63. The molecule has 1 amide bonds. The molecule has 1 heterocycles. The molecule has 0 radical (unpaired) electrons. The number of nitrogens with one attached hydrogen (secondary N) is 1. The van der Waals surface area contributed by atoms with E-state index in [9.17, 15) is 14.9 Å². The zero-order valence-electron chi connectivity index (χ0n) is 13.2. The van der Waals surface area contributed by atoms with Crippen LogP contribution in [0.2, 0.25) is 10.0 Å². The molecular weight excluding hydrogens is 383 g/mol. The van der Waals surface area contributed by atoms with E-state index in [0.717, 1.165) is 11.3 Å². The van der Waals surface area contributed by atoms with Crippen LogP contribution in [0.5, 0.6) is 0 Å². The van der Waals surface area contributed by atoms with Gasteiger partial charge in [0, 0.05) is 6.08 Å². The number of methoxy groups -OCH3 is 1. The fourth-order valence-electron chi connectivity index (χ4n) is 1.97. The number of esters is 1. The van der Waals surface area contributed by atoms with E-state index in [-0.39, 0.29) is 10.4 Å². The molecule has 0 saturated carbocycles. The van der Waals surface area contributed by atoms with Gasteiger partial charge < -0.3 is 10.1 Å². The smallest absolute Gasteiger partial charge is 0.348 e. The number of rotatable bonds is 4. The Labute approximate surface area is 158 Å². The van der Waals surface area contributed by atoms with Crippen molar-refractivity contribution >= 4 is 57.5 Å². The van der Waals surface area contributed by atoms with Gasteiger partial charge in [0.2, 0.25) is 5.91 Å². The number of hydrogen-bond donors (Lipinski definition) is 1. The lowest BCUT2D eigenvalue weighted by molar-refractivity contribution is -0.111. The molecule has 0 atom stereocenters. The first-order chi connectivity index (χ1) is 11.9. The highest BCUT2D eigenvalue weighted by Crippen LogP contribution is 2.33. The lowest BCUT2D eigenvalue weighted by atomic mass is 10.1. The van der Waals surface area contributed by atoms with Crippen LogP contribution in [0, 0.1) is 18.3 Å². The number of hydrogen-bond acceptors (Lipinski definition) is 5. The second kappa shape index (κ2) is 8.17. The number of amides is 1. The van der Waals surface area contributed by atoms with Crippen LogP contribution in [0.1, 0.15) is 26.4 Å². The van der Waals surface area contributed by atoms with Crippen molar-refractivity contribution in [2.75, 3.05) is 12.4 Å². The van der Waals surface area contributed by atoms with Gasteiger partial charge in [0.15, 0.2) is 0 Å². The average Bonchev–Trinajstić information content (AvgIpc) is 2.90. The van der Waals surface area contributed by atoms with Crippen molar-refractivity contribution in [3.63, 3.8) is 0 Å². The minimum absolute atomic E-state index is 0.238. The first-order valence-corrected chi connectivity index (χ1v) is 8.50. The largest absolute Gasteiger partial charge is 0.465 e. The molecule has 0 aliphatic heterocycles. The molecule has 128 valence electrons. The van der Waals surface area contributed by atoms with Crippen LogP contribution in [-0.4, -0.2) is 19.0 Å². The first kappa shape index (κ1) is 19.0. The van der Waals surface area contributed by atoms with Gasteiger partial charge in [0.25, 0.3) is 0 Å². The van der Waals surface area contributed by atoms with Crippen LogP contribution in [0.3, 0.4) is 0 Å². The van der Waals surface area contributed by atoms with Crippen LogP contribution in [0.15, 0.2) is 24.3 Å². The summed E-state index contributed by atoms with van der Waals surface area (Å²) in [5, 5.41) is 13.0. The highest BCUT2D eigenvalue weighted by atomic mass is 35.5. The molecule has 0 saturated heterocycles. The molecule has 2 rings (SSSR count). The van der Waals surface area contributed by atoms with E-state index in [1.54, 1.807) is 31.2 Å². The zero-order chi connectivity index (χ0) is 18.6. The van der Waals surface area contributed by atoms with Gasteiger partial charge in [-0.15, -0.1) is 11.3 Å². The molecule has 0 bridgehead atoms. The molecule has 1 aromatic carbocycles. The Morgan fingerprint density at radius 2 is 2.04 bits per heavy atom. The van der Waals surface area contributed by atoms with Crippen LogP contribution in [0.25, 0.3) is 6.08 Å². The van der Waals surface area contributed by atoms with Crippen molar-refractivity contribution in [3.8, 4) is 6.07 Å². The van der Waals surface area contributed by atoms with Crippen LogP contribution >= 0.6 is 34.5 Å². The second-order valence-electron chi connectivity index (χ2n) is 4.86. The quantitative estimate of drug-likeness (QED) is 0.603. The Balaban J connectivity index is 2.20. The highest BCUT2D eigenvalue weighted by Gasteiger charge is 2.21. The van der Waals surface area contributed by atoms with Gasteiger partial charge >= 0.3 is 5.97 Å². The Bertz CT molecular complexity index is 913. The maximum atomic E-state index is 12.1.